The molecule has 0 amide bonds. The summed E-state index contributed by atoms with van der Waals surface area (Å²) >= 11 is 0. The second-order valence-electron chi connectivity index (χ2n) is 13.3. The van der Waals surface area contributed by atoms with Crippen LogP contribution in [0.4, 0.5) is 0 Å². The third-order valence-corrected chi connectivity index (χ3v) is 9.40. The van der Waals surface area contributed by atoms with E-state index >= 15 is 0 Å². The van der Waals surface area contributed by atoms with Gasteiger partial charge < -0.3 is 14.0 Å². The molecule has 0 spiro atoms. The van der Waals surface area contributed by atoms with Crippen molar-refractivity contribution < 1.29 is 30.5 Å². The van der Waals surface area contributed by atoms with Crippen molar-refractivity contribution in [1.29, 1.82) is 0 Å². The van der Waals surface area contributed by atoms with E-state index in [2.05, 4.69) is 92.9 Å². The number of methoxy groups -OCH3 is 1. The Bertz CT molecular complexity index is 2250. The number of ether oxygens (including phenoxy) is 2. The zero-order chi connectivity index (χ0) is 34.1. The maximum absolute atomic E-state index is 6.46. The van der Waals surface area contributed by atoms with E-state index in [0.717, 1.165) is 62.1 Å². The number of pyridine rings is 1. The average molecular weight is 842 g/mol. The van der Waals surface area contributed by atoms with Crippen molar-refractivity contribution in [3.8, 4) is 39.9 Å². The molecule has 1 atom stereocenters. The summed E-state index contributed by atoms with van der Waals surface area (Å²) in [6, 6.07) is 38.0. The summed E-state index contributed by atoms with van der Waals surface area (Å²) in [5.74, 6) is 3.87. The first kappa shape index (κ1) is 35.2. The van der Waals surface area contributed by atoms with E-state index in [4.69, 9.17) is 19.6 Å². The zero-order valence-electron chi connectivity index (χ0n) is 29.4. The molecule has 0 saturated carbocycles. The van der Waals surface area contributed by atoms with E-state index in [0.29, 0.717) is 17.4 Å². The number of aromatic nitrogens is 4. The summed E-state index contributed by atoms with van der Waals surface area (Å²) in [7, 11) is 1.68. The number of hydrogen-bond acceptors (Lipinski definition) is 4. The Labute approximate surface area is 309 Å². The minimum absolute atomic E-state index is 0. The molecule has 0 fully saturated rings. The van der Waals surface area contributed by atoms with Gasteiger partial charge in [-0.1, -0.05) is 81.6 Å². The molecule has 7 aromatic rings. The van der Waals surface area contributed by atoms with Crippen LogP contribution in [0.5, 0.6) is 17.2 Å². The van der Waals surface area contributed by atoms with Crippen LogP contribution in [0.15, 0.2) is 97.2 Å². The summed E-state index contributed by atoms with van der Waals surface area (Å²) in [4.78, 5) is 4.75. The van der Waals surface area contributed by atoms with E-state index in [1.54, 1.807) is 13.3 Å². The molecular weight excluding hydrogens is 800 g/mol. The molecule has 0 bridgehead atoms. The summed E-state index contributed by atoms with van der Waals surface area (Å²) in [6.45, 7) is 11.1. The Balaban J connectivity index is 0.00000432. The summed E-state index contributed by atoms with van der Waals surface area (Å²) < 4.78 is 16.1. The first-order valence-corrected chi connectivity index (χ1v) is 17.1. The van der Waals surface area contributed by atoms with Crippen LogP contribution in [0.25, 0.3) is 44.4 Å². The van der Waals surface area contributed by atoms with E-state index < -0.39 is 0 Å². The second-order valence-corrected chi connectivity index (χ2v) is 13.3. The van der Waals surface area contributed by atoms with Gasteiger partial charge in [0.25, 0.3) is 0 Å². The quantitative estimate of drug-likeness (QED) is 0.122. The van der Waals surface area contributed by atoms with E-state index in [1.807, 2.05) is 54.1 Å². The van der Waals surface area contributed by atoms with Gasteiger partial charge in [0.05, 0.1) is 12.8 Å². The molecule has 6 nitrogen and oxygen atoms in total. The molecule has 0 aliphatic rings. The monoisotopic (exact) mass is 841 g/mol. The smallest absolute Gasteiger partial charge is 0.509 e. The molecule has 256 valence electrons. The van der Waals surface area contributed by atoms with E-state index in [-0.39, 0.29) is 21.1 Å². The van der Waals surface area contributed by atoms with Crippen LogP contribution < -0.4 is 9.47 Å². The number of aryl methyl sites for hydroxylation is 1. The van der Waals surface area contributed by atoms with Gasteiger partial charge in [0.2, 0.25) is 0 Å². The fourth-order valence-electron chi connectivity index (χ4n) is 6.83. The Kier molecular flexibility index (Phi) is 10.6. The Morgan fingerprint density at radius 3 is 2.38 bits per heavy atom. The summed E-state index contributed by atoms with van der Waals surface area (Å²) in [5.41, 5.74) is 8.41. The van der Waals surface area contributed by atoms with E-state index in [9.17, 15) is 0 Å². The van der Waals surface area contributed by atoms with Crippen LogP contribution in [0.3, 0.4) is 0 Å². The van der Waals surface area contributed by atoms with Crippen LogP contribution >= 0.6 is 0 Å². The van der Waals surface area contributed by atoms with Crippen LogP contribution in [-0.2, 0) is 21.1 Å². The molecule has 4 aromatic carbocycles. The van der Waals surface area contributed by atoms with Crippen molar-refractivity contribution in [2.24, 2.45) is 5.92 Å². The van der Waals surface area contributed by atoms with Crippen molar-refractivity contribution in [2.75, 3.05) is 7.11 Å². The number of hydrogen-bond donors (Lipinski definition) is 0. The van der Waals surface area contributed by atoms with Gasteiger partial charge in [-0.05, 0) is 66.4 Å². The fraction of sp³-hybridized carbons (Fsp3) is 0.256. The molecule has 7 rings (SSSR count). The van der Waals surface area contributed by atoms with Crippen LogP contribution in [0.2, 0.25) is 0 Å². The largest absolute Gasteiger partial charge is 2.00 e. The van der Waals surface area contributed by atoms with Crippen LogP contribution in [0, 0.1) is 31.9 Å². The molecule has 0 radical (unpaired) electrons. The van der Waals surface area contributed by atoms with Crippen molar-refractivity contribution in [3.05, 3.63) is 126 Å². The van der Waals surface area contributed by atoms with Crippen LogP contribution in [-0.4, -0.2) is 26.4 Å². The second kappa shape index (κ2) is 15.1. The Morgan fingerprint density at radius 1 is 0.800 bits per heavy atom. The number of benzene rings is 4. The molecule has 0 aliphatic carbocycles. The third-order valence-electron chi connectivity index (χ3n) is 9.40. The normalized spacial score (nSPS) is 12.0. The number of fused-ring (bicyclic) bond motifs is 3. The molecule has 1 unspecified atom stereocenters. The maximum atomic E-state index is 6.46. The molecule has 3 heterocycles. The van der Waals surface area contributed by atoms with E-state index in [1.165, 1.54) is 30.2 Å². The standard InChI is InChI=1S/C43H42N4O2.Pt/c1-28(2)12-10-13-29(3)33-18-21-40-39(24-33)38-20-19-37(26-41(38)46(40)42-27-35(48-6)22-23-44-42)49-36-17-11-16-34(25-36)47-31(5)43(30(4)45-47)32-14-8-7-9-15-32;/h7-9,11,14-24,27-29H,10,12-13H2,1-6H3;/q-2;+2. The van der Waals surface area contributed by atoms with Gasteiger partial charge >= 0.3 is 21.1 Å². The number of rotatable bonds is 11. The molecular formula is C43H42N4O2Pt. The molecule has 3 aromatic heterocycles. The molecule has 0 N–H and O–H groups in total. The minimum Gasteiger partial charge on any atom is -0.509 e. The van der Waals surface area contributed by atoms with Gasteiger partial charge in [-0.25, -0.2) is 4.98 Å². The van der Waals surface area contributed by atoms with Gasteiger partial charge in [-0.15, -0.1) is 35.7 Å². The first-order valence-electron chi connectivity index (χ1n) is 17.1. The third kappa shape index (κ3) is 7.00. The van der Waals surface area contributed by atoms with Crippen molar-refractivity contribution in [3.63, 3.8) is 0 Å². The zero-order valence-corrected chi connectivity index (χ0v) is 31.7. The molecule has 7 heteroatoms. The fourth-order valence-corrected chi connectivity index (χ4v) is 6.83. The number of nitrogens with zero attached hydrogens (tertiary/aromatic N) is 4. The Morgan fingerprint density at radius 2 is 1.60 bits per heavy atom. The SMILES string of the molecule is COc1ccnc(-n2c3[c-]c(Oc4[c-]c(-n5nc(C)c(-c6ccccc6)c5C)ccc4)ccc3c3cc(C(C)CCCC(C)C)ccc32)c1.[Pt+2]. The molecule has 0 saturated heterocycles. The van der Waals surface area contributed by atoms with Crippen molar-refractivity contribution in [2.45, 2.75) is 59.8 Å². The van der Waals surface area contributed by atoms with Gasteiger partial charge in [-0.3, -0.25) is 4.68 Å². The topological polar surface area (TPSA) is 54.1 Å². The van der Waals surface area contributed by atoms with Crippen molar-refractivity contribution in [1.82, 2.24) is 19.3 Å². The first-order chi connectivity index (χ1) is 23.8. The van der Waals surface area contributed by atoms with Crippen molar-refractivity contribution >= 4 is 21.8 Å². The molecule has 50 heavy (non-hydrogen) atoms. The predicted molar refractivity (Wildman–Crippen MR) is 198 cm³/mol. The van der Waals surface area contributed by atoms with Gasteiger partial charge in [0.15, 0.2) is 0 Å². The van der Waals surface area contributed by atoms with Gasteiger partial charge in [-0.2, -0.15) is 17.2 Å². The average Bonchev–Trinajstić information content (AvgIpc) is 3.60. The predicted octanol–water partition coefficient (Wildman–Crippen LogP) is 11.0. The molecule has 0 aliphatic heterocycles. The van der Waals surface area contributed by atoms with Gasteiger partial charge in [0, 0.05) is 40.5 Å². The van der Waals surface area contributed by atoms with Crippen LogP contribution in [0.1, 0.15) is 62.9 Å². The maximum Gasteiger partial charge on any atom is 2.00 e. The van der Waals surface area contributed by atoms with Gasteiger partial charge in [0.1, 0.15) is 11.6 Å². The summed E-state index contributed by atoms with van der Waals surface area (Å²) in [5, 5.41) is 7.14. The minimum atomic E-state index is 0. The Hall–Kier alpha value is -4.67. The summed E-state index contributed by atoms with van der Waals surface area (Å²) in [6.07, 6.45) is 5.43.